The number of benzene rings is 2. The Hall–Kier alpha value is -3.13. The number of aromatic nitrogens is 1. The van der Waals surface area contributed by atoms with E-state index < -0.39 is 5.41 Å². The van der Waals surface area contributed by atoms with Crippen LogP contribution in [0.2, 0.25) is 0 Å². The Bertz CT molecular complexity index is 949. The number of nitrogens with zero attached hydrogens (tertiary/aromatic N) is 1. The number of fused-ring (bicyclic) bond motifs is 1. The highest BCUT2D eigenvalue weighted by Gasteiger charge is 2.32. The topological polar surface area (TPSA) is 68.7 Å². The SMILES string of the molecule is CC(C)(C(=O)Nc1ccc(C#N)cc1)c1c[nH]c2cc(F)ccc12. The first kappa shape index (κ1) is 15.8. The summed E-state index contributed by atoms with van der Waals surface area (Å²) in [6, 6.07) is 13.2. The highest BCUT2D eigenvalue weighted by Crippen LogP contribution is 2.32. The van der Waals surface area contributed by atoms with E-state index in [-0.39, 0.29) is 11.7 Å². The second kappa shape index (κ2) is 5.82. The Morgan fingerprint density at radius 3 is 2.58 bits per heavy atom. The van der Waals surface area contributed by atoms with Gasteiger partial charge in [-0.3, -0.25) is 4.79 Å². The van der Waals surface area contributed by atoms with E-state index in [0.717, 1.165) is 10.9 Å². The Labute approximate surface area is 138 Å². The molecule has 120 valence electrons. The number of amides is 1. The molecule has 0 aliphatic carbocycles. The lowest BCUT2D eigenvalue weighted by atomic mass is 9.83. The lowest BCUT2D eigenvalue weighted by Gasteiger charge is -2.23. The number of hydrogen-bond donors (Lipinski definition) is 2. The van der Waals surface area contributed by atoms with Crippen molar-refractivity contribution < 1.29 is 9.18 Å². The minimum Gasteiger partial charge on any atom is -0.361 e. The molecule has 0 atom stereocenters. The van der Waals surface area contributed by atoms with E-state index >= 15 is 0 Å². The van der Waals surface area contributed by atoms with Gasteiger partial charge in [0.15, 0.2) is 0 Å². The Balaban J connectivity index is 1.90. The van der Waals surface area contributed by atoms with Crippen LogP contribution < -0.4 is 5.32 Å². The van der Waals surface area contributed by atoms with Gasteiger partial charge in [0, 0.05) is 22.8 Å². The molecule has 2 N–H and O–H groups in total. The predicted molar refractivity (Wildman–Crippen MR) is 91.1 cm³/mol. The number of nitrogens with one attached hydrogen (secondary N) is 2. The second-order valence-electron chi connectivity index (χ2n) is 6.16. The van der Waals surface area contributed by atoms with Crippen LogP contribution in [-0.2, 0) is 10.2 Å². The number of rotatable bonds is 3. The van der Waals surface area contributed by atoms with E-state index in [4.69, 9.17) is 5.26 Å². The molecule has 2 aromatic carbocycles. The molecule has 0 fully saturated rings. The molecule has 24 heavy (non-hydrogen) atoms. The number of carbonyl (C=O) groups excluding carboxylic acids is 1. The fourth-order valence-corrected chi connectivity index (χ4v) is 2.65. The molecule has 3 rings (SSSR count). The third-order valence-electron chi connectivity index (χ3n) is 4.16. The summed E-state index contributed by atoms with van der Waals surface area (Å²) in [6.07, 6.45) is 1.74. The number of hydrogen-bond acceptors (Lipinski definition) is 2. The summed E-state index contributed by atoms with van der Waals surface area (Å²) in [5, 5.41) is 12.5. The van der Waals surface area contributed by atoms with Crippen LogP contribution in [0, 0.1) is 17.1 Å². The van der Waals surface area contributed by atoms with E-state index in [2.05, 4.69) is 10.3 Å². The molecule has 0 radical (unpaired) electrons. The molecule has 4 nitrogen and oxygen atoms in total. The first-order valence-corrected chi connectivity index (χ1v) is 7.50. The van der Waals surface area contributed by atoms with Gasteiger partial charge >= 0.3 is 0 Å². The van der Waals surface area contributed by atoms with Crippen LogP contribution in [0.3, 0.4) is 0 Å². The summed E-state index contributed by atoms with van der Waals surface area (Å²) < 4.78 is 13.3. The minimum atomic E-state index is -0.815. The van der Waals surface area contributed by atoms with Crippen molar-refractivity contribution in [3.05, 3.63) is 65.6 Å². The van der Waals surface area contributed by atoms with Gasteiger partial charge in [0.05, 0.1) is 17.0 Å². The van der Waals surface area contributed by atoms with Gasteiger partial charge in [-0.25, -0.2) is 4.39 Å². The first-order valence-electron chi connectivity index (χ1n) is 7.50. The Morgan fingerprint density at radius 1 is 1.21 bits per heavy atom. The summed E-state index contributed by atoms with van der Waals surface area (Å²) in [7, 11) is 0. The van der Waals surface area contributed by atoms with Gasteiger partial charge in [-0.15, -0.1) is 0 Å². The molecule has 3 aromatic rings. The Kier molecular flexibility index (Phi) is 3.82. The number of nitriles is 1. The van der Waals surface area contributed by atoms with Gasteiger partial charge in [-0.1, -0.05) is 0 Å². The van der Waals surface area contributed by atoms with Crippen LogP contribution in [0.15, 0.2) is 48.7 Å². The van der Waals surface area contributed by atoms with E-state index in [1.165, 1.54) is 12.1 Å². The zero-order chi connectivity index (χ0) is 17.3. The third-order valence-corrected chi connectivity index (χ3v) is 4.16. The van der Waals surface area contributed by atoms with E-state index in [1.807, 2.05) is 19.9 Å². The van der Waals surface area contributed by atoms with Crippen molar-refractivity contribution in [3.63, 3.8) is 0 Å². The summed E-state index contributed by atoms with van der Waals surface area (Å²) in [4.78, 5) is 15.7. The molecule has 1 amide bonds. The molecule has 0 saturated carbocycles. The summed E-state index contributed by atoms with van der Waals surface area (Å²) in [5.41, 5.74) is 1.79. The van der Waals surface area contributed by atoms with Crippen LogP contribution in [0.1, 0.15) is 25.0 Å². The molecular formula is C19H16FN3O. The number of anilines is 1. The van der Waals surface area contributed by atoms with Gasteiger partial charge in [0.25, 0.3) is 0 Å². The maximum atomic E-state index is 13.3. The minimum absolute atomic E-state index is 0.183. The summed E-state index contributed by atoms with van der Waals surface area (Å²) in [5.74, 6) is -0.506. The van der Waals surface area contributed by atoms with Crippen molar-refractivity contribution >= 4 is 22.5 Å². The fraction of sp³-hybridized carbons (Fsp3) is 0.158. The summed E-state index contributed by atoms with van der Waals surface area (Å²) >= 11 is 0. The molecule has 0 unspecified atom stereocenters. The van der Waals surface area contributed by atoms with Gasteiger partial charge in [0.2, 0.25) is 5.91 Å². The van der Waals surface area contributed by atoms with Crippen molar-refractivity contribution in [2.75, 3.05) is 5.32 Å². The zero-order valence-electron chi connectivity index (χ0n) is 13.4. The van der Waals surface area contributed by atoms with Crippen LogP contribution >= 0.6 is 0 Å². The Morgan fingerprint density at radius 2 is 1.92 bits per heavy atom. The van der Waals surface area contributed by atoms with Gasteiger partial charge < -0.3 is 10.3 Å². The average Bonchev–Trinajstić information content (AvgIpc) is 2.99. The standard InChI is InChI=1S/C19H16FN3O/c1-19(2,16-11-22-17-9-13(20)5-8-15(16)17)18(24)23-14-6-3-12(10-21)4-7-14/h3-9,11,22H,1-2H3,(H,23,24). The smallest absolute Gasteiger partial charge is 0.234 e. The highest BCUT2D eigenvalue weighted by atomic mass is 19.1. The molecule has 0 aliphatic heterocycles. The van der Waals surface area contributed by atoms with Gasteiger partial charge in [-0.05, 0) is 61.9 Å². The van der Waals surface area contributed by atoms with Gasteiger partial charge in [0.1, 0.15) is 5.82 Å². The maximum absolute atomic E-state index is 13.3. The quantitative estimate of drug-likeness (QED) is 0.762. The molecule has 0 aliphatic rings. The first-order chi connectivity index (χ1) is 11.4. The molecule has 5 heteroatoms. The number of aromatic amines is 1. The number of carbonyl (C=O) groups is 1. The monoisotopic (exact) mass is 321 g/mol. The van der Waals surface area contributed by atoms with Crippen molar-refractivity contribution in [2.45, 2.75) is 19.3 Å². The largest absolute Gasteiger partial charge is 0.361 e. The molecule has 1 aromatic heterocycles. The van der Waals surface area contributed by atoms with Crippen molar-refractivity contribution in [2.24, 2.45) is 0 Å². The van der Waals surface area contributed by atoms with Gasteiger partial charge in [-0.2, -0.15) is 5.26 Å². The molecular weight excluding hydrogens is 305 g/mol. The van der Waals surface area contributed by atoms with E-state index in [0.29, 0.717) is 16.8 Å². The van der Waals surface area contributed by atoms with E-state index in [1.54, 1.807) is 36.5 Å². The predicted octanol–water partition coefficient (Wildman–Crippen LogP) is 4.09. The molecule has 0 bridgehead atoms. The zero-order valence-corrected chi connectivity index (χ0v) is 13.4. The van der Waals surface area contributed by atoms with Crippen LogP contribution in [0.5, 0.6) is 0 Å². The highest BCUT2D eigenvalue weighted by molar-refractivity contribution is 6.01. The molecule has 0 spiro atoms. The lowest BCUT2D eigenvalue weighted by molar-refractivity contribution is -0.120. The second-order valence-corrected chi connectivity index (χ2v) is 6.16. The summed E-state index contributed by atoms with van der Waals surface area (Å²) in [6.45, 7) is 3.63. The number of halogens is 1. The maximum Gasteiger partial charge on any atom is 0.234 e. The van der Waals surface area contributed by atoms with E-state index in [9.17, 15) is 9.18 Å². The van der Waals surface area contributed by atoms with Crippen molar-refractivity contribution in [1.82, 2.24) is 4.98 Å². The van der Waals surface area contributed by atoms with Crippen LogP contribution in [-0.4, -0.2) is 10.9 Å². The normalized spacial score (nSPS) is 11.2. The van der Waals surface area contributed by atoms with Crippen LogP contribution in [0.4, 0.5) is 10.1 Å². The molecule has 0 saturated heterocycles. The fourth-order valence-electron chi connectivity index (χ4n) is 2.65. The third kappa shape index (κ3) is 2.74. The van der Waals surface area contributed by atoms with Crippen LogP contribution in [0.25, 0.3) is 10.9 Å². The molecule has 1 heterocycles. The van der Waals surface area contributed by atoms with Crippen molar-refractivity contribution in [1.29, 1.82) is 5.26 Å². The van der Waals surface area contributed by atoms with Crippen molar-refractivity contribution in [3.8, 4) is 6.07 Å². The average molecular weight is 321 g/mol. The number of H-pyrrole nitrogens is 1. The lowest BCUT2D eigenvalue weighted by Crippen LogP contribution is -2.34.